The molecule has 0 bridgehead atoms. The monoisotopic (exact) mass is 193 g/mol. The van der Waals surface area contributed by atoms with Crippen LogP contribution in [0.25, 0.3) is 0 Å². The van der Waals surface area contributed by atoms with Gasteiger partial charge in [0, 0.05) is 17.3 Å². The van der Waals surface area contributed by atoms with Crippen molar-refractivity contribution in [2.75, 3.05) is 0 Å². The van der Waals surface area contributed by atoms with Crippen LogP contribution >= 0.6 is 0 Å². The molecule has 1 rings (SSSR count). The molecule has 70 valence electrons. The summed E-state index contributed by atoms with van der Waals surface area (Å²) < 4.78 is 22.7. The highest BCUT2D eigenvalue weighted by Crippen LogP contribution is 1.96. The van der Waals surface area contributed by atoms with E-state index in [1.807, 2.05) is 19.9 Å². The number of hydrogen-bond acceptors (Lipinski definition) is 5. The van der Waals surface area contributed by atoms with Crippen LogP contribution in [0.15, 0.2) is 10.6 Å². The van der Waals surface area contributed by atoms with Crippen molar-refractivity contribution < 1.29 is 18.5 Å². The van der Waals surface area contributed by atoms with Crippen molar-refractivity contribution in [1.29, 1.82) is 0 Å². The van der Waals surface area contributed by atoms with Crippen LogP contribution in [0.3, 0.4) is 0 Å². The van der Waals surface area contributed by atoms with Gasteiger partial charge in [0.25, 0.3) is 0 Å². The average molecular weight is 193 g/mol. The van der Waals surface area contributed by atoms with Crippen LogP contribution < -0.4 is 4.89 Å². The molecule has 0 radical (unpaired) electrons. The van der Waals surface area contributed by atoms with E-state index in [-0.39, 0.29) is 0 Å². The van der Waals surface area contributed by atoms with Crippen LogP contribution in [0, 0.1) is 13.8 Å². The van der Waals surface area contributed by atoms with E-state index < -0.39 is 11.3 Å². The molecule has 1 unspecified atom stereocenters. The fourth-order valence-corrected chi connectivity index (χ4v) is 0.491. The zero-order valence-electron chi connectivity index (χ0n) is 6.60. The van der Waals surface area contributed by atoms with E-state index in [0.717, 1.165) is 16.3 Å². The maximum absolute atomic E-state index is 9.01. The minimum Gasteiger partial charge on any atom is -0.758 e. The van der Waals surface area contributed by atoms with Crippen molar-refractivity contribution in [3.63, 3.8) is 0 Å². The zero-order chi connectivity index (χ0) is 9.56. The maximum atomic E-state index is 9.01. The standard InChI is InChI=1S/C5H7NO.H3NO3S/c1-4-3-5(2)7-6-4;2-1-5(3)4/h3H,1-2H3;1-2H,(H,3,4)/p-1. The maximum Gasteiger partial charge on any atom is 0.133 e. The lowest BCUT2D eigenvalue weighted by Gasteiger charge is -1.94. The lowest BCUT2D eigenvalue weighted by atomic mass is 10.4. The molecule has 0 spiro atoms. The van der Waals surface area contributed by atoms with Crippen molar-refractivity contribution >= 4 is 11.3 Å². The highest BCUT2D eigenvalue weighted by atomic mass is 32.2. The summed E-state index contributed by atoms with van der Waals surface area (Å²) in [4.78, 5) is 0.944. The Labute approximate surface area is 71.9 Å². The summed E-state index contributed by atoms with van der Waals surface area (Å²) >= 11 is -2.52. The van der Waals surface area contributed by atoms with E-state index in [1.54, 1.807) is 0 Å². The third-order valence-corrected chi connectivity index (χ3v) is 0.969. The van der Waals surface area contributed by atoms with Crippen molar-refractivity contribution in [2.45, 2.75) is 13.8 Å². The van der Waals surface area contributed by atoms with Gasteiger partial charge >= 0.3 is 0 Å². The molecule has 0 aliphatic heterocycles. The Hall–Kier alpha value is -0.760. The van der Waals surface area contributed by atoms with Crippen molar-refractivity contribution in [3.8, 4) is 0 Å². The summed E-state index contributed by atoms with van der Waals surface area (Å²) in [5, 5.41) is 10.9. The second-order valence-electron chi connectivity index (χ2n) is 1.90. The topological polar surface area (TPSA) is 98.4 Å². The summed E-state index contributed by atoms with van der Waals surface area (Å²) in [7, 11) is 0. The van der Waals surface area contributed by atoms with Crippen LogP contribution in [-0.4, -0.2) is 19.1 Å². The number of hydrogen-bond donors (Lipinski definition) is 2. The molecule has 0 aliphatic carbocycles. The molecule has 1 heterocycles. The molecule has 6 nitrogen and oxygen atoms in total. The van der Waals surface area contributed by atoms with Gasteiger partial charge in [-0.25, -0.2) is 0 Å². The van der Waals surface area contributed by atoms with Gasteiger partial charge in [-0.3, -0.25) is 4.21 Å². The fourth-order valence-electron chi connectivity index (χ4n) is 0.491. The molecule has 0 saturated carbocycles. The van der Waals surface area contributed by atoms with Gasteiger partial charge in [0.05, 0.1) is 5.69 Å². The van der Waals surface area contributed by atoms with E-state index in [9.17, 15) is 0 Å². The minimum absolute atomic E-state index is 0.873. The molecule has 1 atom stereocenters. The van der Waals surface area contributed by atoms with Crippen LogP contribution in [0.5, 0.6) is 0 Å². The molecule has 2 N–H and O–H groups in total. The number of rotatable bonds is 1. The van der Waals surface area contributed by atoms with Crippen LogP contribution in [0.2, 0.25) is 0 Å². The normalized spacial score (nSPS) is 11.7. The second-order valence-corrected chi connectivity index (χ2v) is 2.56. The number of nitrogens with zero attached hydrogens (tertiary/aromatic N) is 1. The van der Waals surface area contributed by atoms with Crippen LogP contribution in [0.4, 0.5) is 0 Å². The van der Waals surface area contributed by atoms with Gasteiger partial charge in [-0.05, 0) is 13.8 Å². The van der Waals surface area contributed by atoms with E-state index in [4.69, 9.17) is 18.5 Å². The van der Waals surface area contributed by atoms with Gasteiger partial charge in [-0.1, -0.05) is 5.16 Å². The van der Waals surface area contributed by atoms with E-state index >= 15 is 0 Å². The second kappa shape index (κ2) is 5.84. The highest BCUT2D eigenvalue weighted by molar-refractivity contribution is 7.76. The Morgan fingerprint density at radius 3 is 2.33 bits per heavy atom. The van der Waals surface area contributed by atoms with Gasteiger partial charge in [0.1, 0.15) is 5.76 Å². The largest absolute Gasteiger partial charge is 0.758 e. The molecule has 0 saturated heterocycles. The lowest BCUT2D eigenvalue weighted by molar-refractivity contribution is 0.237. The summed E-state index contributed by atoms with van der Waals surface area (Å²) in [6, 6.07) is 1.89. The average Bonchev–Trinajstić information content (AvgIpc) is 2.36. The van der Waals surface area contributed by atoms with Gasteiger partial charge < -0.3 is 14.3 Å². The van der Waals surface area contributed by atoms with Gasteiger partial charge in [-0.2, -0.15) is 0 Å². The molecular formula is C5H9N2O4S-. The molecular weight excluding hydrogens is 184 g/mol. The molecule has 1 aromatic rings. The summed E-state index contributed by atoms with van der Waals surface area (Å²) in [6.07, 6.45) is 0. The third kappa shape index (κ3) is 5.98. The van der Waals surface area contributed by atoms with Crippen LogP contribution in [-0.2, 0) is 11.3 Å². The first-order valence-corrected chi connectivity index (χ1v) is 4.02. The quantitative estimate of drug-likeness (QED) is 0.485. The lowest BCUT2D eigenvalue weighted by Crippen LogP contribution is -2.08. The van der Waals surface area contributed by atoms with Gasteiger partial charge in [-0.15, -0.1) is 4.89 Å². The Morgan fingerprint density at radius 2 is 2.25 bits per heavy atom. The summed E-state index contributed by atoms with van der Waals surface area (Å²) in [6.45, 7) is 3.77. The Morgan fingerprint density at radius 1 is 1.75 bits per heavy atom. The molecule has 0 amide bonds. The number of aryl methyl sites for hydroxylation is 2. The van der Waals surface area contributed by atoms with Crippen molar-refractivity contribution in [3.05, 3.63) is 17.5 Å². The van der Waals surface area contributed by atoms with Crippen LogP contribution in [0.1, 0.15) is 11.5 Å². The molecule has 12 heavy (non-hydrogen) atoms. The summed E-state index contributed by atoms with van der Waals surface area (Å²) in [5.41, 5.74) is 0.942. The van der Waals surface area contributed by atoms with E-state index in [0.29, 0.717) is 0 Å². The minimum atomic E-state index is -2.52. The third-order valence-electron chi connectivity index (χ3n) is 0.820. The Balaban J connectivity index is 0.000000217. The SMILES string of the molecule is Cc1cc(C)on1.O=S([O-])NO. The zero-order valence-corrected chi connectivity index (χ0v) is 7.42. The molecule has 0 aromatic carbocycles. The Bertz CT molecular complexity index is 233. The Kier molecular flexibility index (Phi) is 5.47. The van der Waals surface area contributed by atoms with Crippen molar-refractivity contribution in [2.24, 2.45) is 0 Å². The highest BCUT2D eigenvalue weighted by Gasteiger charge is 1.88. The van der Waals surface area contributed by atoms with Gasteiger partial charge in [0.2, 0.25) is 0 Å². The first kappa shape index (κ1) is 11.2. The van der Waals surface area contributed by atoms with E-state index in [2.05, 4.69) is 5.16 Å². The van der Waals surface area contributed by atoms with Crippen molar-refractivity contribution in [1.82, 2.24) is 10.0 Å². The number of aromatic nitrogens is 1. The first-order chi connectivity index (χ1) is 5.56. The smallest absolute Gasteiger partial charge is 0.133 e. The molecule has 7 heteroatoms. The number of nitrogens with one attached hydrogen (secondary N) is 1. The molecule has 0 aliphatic rings. The molecule has 0 fully saturated rings. The first-order valence-electron chi connectivity index (χ1n) is 2.95. The summed E-state index contributed by atoms with van der Waals surface area (Å²) in [5.74, 6) is 0.873. The molecule has 1 aromatic heterocycles. The predicted octanol–water partition coefficient (Wildman–Crippen LogP) is 0.0507. The fraction of sp³-hybridized carbons (Fsp3) is 0.400. The van der Waals surface area contributed by atoms with Gasteiger partial charge in [0.15, 0.2) is 0 Å². The predicted molar refractivity (Wildman–Crippen MR) is 39.8 cm³/mol. The van der Waals surface area contributed by atoms with E-state index in [1.165, 1.54) is 0 Å².